The average Bonchev–Trinajstić information content (AvgIpc) is 3.13. The Bertz CT molecular complexity index is 1730. The lowest BCUT2D eigenvalue weighted by atomic mass is 9.97. The molecule has 1 aliphatic heterocycles. The lowest BCUT2D eigenvalue weighted by Gasteiger charge is -2.45. The summed E-state index contributed by atoms with van der Waals surface area (Å²) in [7, 11) is 0. The minimum atomic E-state index is -5.10. The number of hydrogen-bond acceptors (Lipinski definition) is 10. The van der Waals surface area contributed by atoms with Gasteiger partial charge in [-0.15, -0.1) is 0 Å². The van der Waals surface area contributed by atoms with Crippen LogP contribution in [0.15, 0.2) is 126 Å². The fourth-order valence-corrected chi connectivity index (χ4v) is 5.39. The lowest BCUT2D eigenvalue weighted by molar-refractivity contribution is -0.314. The minimum Gasteiger partial charge on any atom is -0.491 e. The van der Waals surface area contributed by atoms with Crippen LogP contribution in [-0.2, 0) is 44.6 Å². The van der Waals surface area contributed by atoms with E-state index in [0.29, 0.717) is 11.3 Å². The fourth-order valence-electron chi connectivity index (χ4n) is 5.39. The highest BCUT2D eigenvalue weighted by molar-refractivity contribution is 5.84. The van der Waals surface area contributed by atoms with Gasteiger partial charge < -0.3 is 33.2 Å². The molecule has 1 saturated heterocycles. The number of para-hydroxylation sites is 2. The number of benzene rings is 4. The first kappa shape index (κ1) is 38.0. The maximum Gasteiger partial charge on any atom is 0.468 e. The Morgan fingerprint density at radius 1 is 0.750 bits per heavy atom. The number of ether oxygens (including phenoxy) is 7. The van der Waals surface area contributed by atoms with Crippen LogP contribution < -0.4 is 4.74 Å². The molecule has 0 amide bonds. The molecule has 1 unspecified atom stereocenters. The quantitative estimate of drug-likeness (QED) is 0.0752. The van der Waals surface area contributed by atoms with Crippen molar-refractivity contribution < 1.29 is 55.9 Å². The SMILES string of the molecule is CC(=O)OC[C@H]1O[C@H](OC(=Nc2ccccc2)C(F)(F)F)[C@H](OC(COc2ccccc2)c2ccccc2)[C@@H](OC(C)=O)[C@@H]1OCc1ccccc1. The van der Waals surface area contributed by atoms with E-state index in [1.165, 1.54) is 24.3 Å². The maximum atomic E-state index is 14.6. The second-order valence-corrected chi connectivity index (χ2v) is 11.7. The molecule has 52 heavy (non-hydrogen) atoms. The van der Waals surface area contributed by atoms with Gasteiger partial charge in [0.25, 0.3) is 5.90 Å². The van der Waals surface area contributed by atoms with Gasteiger partial charge in [-0.3, -0.25) is 9.59 Å². The molecule has 0 spiro atoms. The molecule has 4 aromatic carbocycles. The highest BCUT2D eigenvalue weighted by Gasteiger charge is 2.54. The van der Waals surface area contributed by atoms with E-state index in [4.69, 9.17) is 33.2 Å². The van der Waals surface area contributed by atoms with Crippen LogP contribution in [0.3, 0.4) is 0 Å². The highest BCUT2D eigenvalue weighted by atomic mass is 19.4. The van der Waals surface area contributed by atoms with E-state index in [9.17, 15) is 22.8 Å². The number of halogens is 3. The van der Waals surface area contributed by atoms with Crippen molar-refractivity contribution in [1.29, 1.82) is 0 Å². The maximum absolute atomic E-state index is 14.6. The largest absolute Gasteiger partial charge is 0.491 e. The molecule has 1 fully saturated rings. The number of aliphatic imine (C=N–C) groups is 1. The van der Waals surface area contributed by atoms with Crippen molar-refractivity contribution in [3.05, 3.63) is 132 Å². The number of carbonyl (C=O) groups is 2. The lowest BCUT2D eigenvalue weighted by Crippen LogP contribution is -2.63. The molecule has 5 rings (SSSR count). The van der Waals surface area contributed by atoms with Crippen LogP contribution in [0.2, 0.25) is 0 Å². The summed E-state index contributed by atoms with van der Waals surface area (Å²) in [4.78, 5) is 28.4. The molecule has 274 valence electrons. The van der Waals surface area contributed by atoms with Crippen molar-refractivity contribution >= 4 is 23.5 Å². The Hall–Kier alpha value is -5.24. The molecule has 4 aromatic rings. The summed E-state index contributed by atoms with van der Waals surface area (Å²) in [6.45, 7) is 1.70. The van der Waals surface area contributed by atoms with Gasteiger partial charge in [-0.1, -0.05) is 97.1 Å². The van der Waals surface area contributed by atoms with Crippen LogP contribution in [-0.4, -0.2) is 67.9 Å². The summed E-state index contributed by atoms with van der Waals surface area (Å²) in [6, 6.07) is 34.1. The van der Waals surface area contributed by atoms with Crippen LogP contribution >= 0.6 is 0 Å². The van der Waals surface area contributed by atoms with Gasteiger partial charge in [0.2, 0.25) is 6.29 Å². The molecular formula is C39H38F3NO9. The van der Waals surface area contributed by atoms with Crippen molar-refractivity contribution in [3.63, 3.8) is 0 Å². The smallest absolute Gasteiger partial charge is 0.468 e. The number of nitrogens with zero attached hydrogens (tertiary/aromatic N) is 1. The van der Waals surface area contributed by atoms with E-state index in [0.717, 1.165) is 19.4 Å². The molecule has 0 radical (unpaired) electrons. The van der Waals surface area contributed by atoms with E-state index in [2.05, 4.69) is 4.99 Å². The van der Waals surface area contributed by atoms with Gasteiger partial charge in [0.05, 0.1) is 12.3 Å². The standard InChI is InChI=1S/C39H38F3NO9/c1-26(44)46-25-33-34(48-23-28-15-7-3-8-16-28)35(49-27(2)45)36(37(51-33)52-38(39(40,41)42)43-30-19-11-5-12-20-30)50-32(29-17-9-4-10-18-29)24-47-31-21-13-6-14-22-31/h3-22,32-37H,23-25H2,1-2H3/t32?,33-,34-,35+,36-,37-/m1/s1. The summed E-state index contributed by atoms with van der Waals surface area (Å²) >= 11 is 0. The molecule has 6 atom stereocenters. The third-order valence-electron chi connectivity index (χ3n) is 7.72. The third kappa shape index (κ3) is 11.1. The zero-order valence-corrected chi connectivity index (χ0v) is 28.4. The van der Waals surface area contributed by atoms with Crippen molar-refractivity contribution in [1.82, 2.24) is 0 Å². The summed E-state index contributed by atoms with van der Waals surface area (Å²) in [5.41, 5.74) is 1.29. The Morgan fingerprint density at radius 3 is 1.94 bits per heavy atom. The van der Waals surface area contributed by atoms with Crippen molar-refractivity contribution in [2.24, 2.45) is 4.99 Å². The van der Waals surface area contributed by atoms with Crippen LogP contribution in [0.25, 0.3) is 0 Å². The summed E-state index contributed by atoms with van der Waals surface area (Å²) in [6.07, 6.45) is -13.5. The van der Waals surface area contributed by atoms with E-state index in [-0.39, 0.29) is 18.9 Å². The second-order valence-electron chi connectivity index (χ2n) is 11.7. The molecule has 13 heteroatoms. The van der Waals surface area contributed by atoms with Gasteiger partial charge >= 0.3 is 18.1 Å². The Morgan fingerprint density at radius 2 is 1.35 bits per heavy atom. The monoisotopic (exact) mass is 721 g/mol. The first-order valence-corrected chi connectivity index (χ1v) is 16.4. The summed E-state index contributed by atoms with van der Waals surface area (Å²) in [5, 5.41) is 0. The topological polar surface area (TPSA) is 111 Å². The third-order valence-corrected chi connectivity index (χ3v) is 7.72. The van der Waals surface area contributed by atoms with Gasteiger partial charge in [0, 0.05) is 13.8 Å². The minimum absolute atomic E-state index is 0.0239. The Kier molecular flexibility index (Phi) is 13.4. The second kappa shape index (κ2) is 18.3. The predicted octanol–water partition coefficient (Wildman–Crippen LogP) is 7.31. The van der Waals surface area contributed by atoms with Gasteiger partial charge in [-0.05, 0) is 35.4 Å². The van der Waals surface area contributed by atoms with Crippen molar-refractivity contribution in [2.75, 3.05) is 13.2 Å². The van der Waals surface area contributed by atoms with Crippen molar-refractivity contribution in [3.8, 4) is 5.75 Å². The Labute approximate surface area is 299 Å². The zero-order valence-electron chi connectivity index (χ0n) is 28.4. The first-order valence-electron chi connectivity index (χ1n) is 16.4. The summed E-state index contributed by atoms with van der Waals surface area (Å²) in [5.74, 6) is -2.61. The molecule has 0 aromatic heterocycles. The van der Waals surface area contributed by atoms with Gasteiger partial charge in [0.1, 0.15) is 37.3 Å². The van der Waals surface area contributed by atoms with Gasteiger partial charge in [-0.25, -0.2) is 4.99 Å². The van der Waals surface area contributed by atoms with Gasteiger partial charge in [-0.2, -0.15) is 13.2 Å². The van der Waals surface area contributed by atoms with Crippen LogP contribution in [0.4, 0.5) is 18.9 Å². The van der Waals surface area contributed by atoms with E-state index < -0.39 is 67.4 Å². The Balaban J connectivity index is 1.58. The fraction of sp³-hybridized carbons (Fsp3) is 0.308. The van der Waals surface area contributed by atoms with Crippen LogP contribution in [0, 0.1) is 0 Å². The van der Waals surface area contributed by atoms with Gasteiger partial charge in [0.15, 0.2) is 12.2 Å². The molecule has 0 aliphatic carbocycles. The molecule has 0 bridgehead atoms. The van der Waals surface area contributed by atoms with Crippen molar-refractivity contribution in [2.45, 2.75) is 63.4 Å². The van der Waals surface area contributed by atoms with Crippen LogP contribution in [0.1, 0.15) is 31.1 Å². The average molecular weight is 722 g/mol. The zero-order chi connectivity index (χ0) is 36.9. The highest BCUT2D eigenvalue weighted by Crippen LogP contribution is 2.36. The normalized spacial score (nSPS) is 21.1. The van der Waals surface area contributed by atoms with E-state index in [1.807, 2.05) is 12.1 Å². The molecule has 10 nitrogen and oxygen atoms in total. The molecule has 1 aliphatic rings. The number of carbonyl (C=O) groups excluding carboxylic acids is 2. The first-order chi connectivity index (χ1) is 25.1. The molecular weight excluding hydrogens is 683 g/mol. The molecule has 0 N–H and O–H groups in total. The molecule has 0 saturated carbocycles. The van der Waals surface area contributed by atoms with Crippen LogP contribution in [0.5, 0.6) is 5.75 Å². The number of alkyl halides is 3. The predicted molar refractivity (Wildman–Crippen MR) is 183 cm³/mol. The molecule has 1 heterocycles. The number of hydrogen-bond donors (Lipinski definition) is 0. The number of esters is 2. The summed E-state index contributed by atoms with van der Waals surface area (Å²) < 4.78 is 85.6. The van der Waals surface area contributed by atoms with E-state index >= 15 is 0 Å². The number of rotatable bonds is 14. The van der Waals surface area contributed by atoms with E-state index in [1.54, 1.807) is 84.9 Å².